The second kappa shape index (κ2) is 10.2. The van der Waals surface area contributed by atoms with Crippen LogP contribution in [0.2, 0.25) is 0 Å². The van der Waals surface area contributed by atoms with E-state index in [0.717, 1.165) is 0 Å². The minimum atomic E-state index is -3.76. The third kappa shape index (κ3) is 7.68. The highest BCUT2D eigenvalue weighted by molar-refractivity contribution is 7.89. The fourth-order valence-corrected chi connectivity index (χ4v) is 3.63. The second-order valence-corrected chi connectivity index (χ2v) is 8.78. The van der Waals surface area contributed by atoms with Crippen LogP contribution in [0, 0.1) is 0 Å². The van der Waals surface area contributed by atoms with Crippen LogP contribution in [0.5, 0.6) is 0 Å². The summed E-state index contributed by atoms with van der Waals surface area (Å²) in [6.45, 7) is 3.99. The molecule has 1 aromatic carbocycles. The van der Waals surface area contributed by atoms with Crippen molar-refractivity contribution in [2.75, 3.05) is 25.5 Å². The molecule has 158 valence electrons. The molecule has 0 fully saturated rings. The lowest BCUT2D eigenvalue weighted by Gasteiger charge is -2.15. The third-order valence-electron chi connectivity index (χ3n) is 3.82. The van der Waals surface area contributed by atoms with Crippen molar-refractivity contribution in [3.8, 4) is 0 Å². The maximum absolute atomic E-state index is 12.4. The Labute approximate surface area is 170 Å². The molecule has 0 aliphatic heterocycles. The Morgan fingerprint density at radius 1 is 1.10 bits per heavy atom. The summed E-state index contributed by atoms with van der Waals surface area (Å²) >= 11 is 0. The maximum Gasteiger partial charge on any atom is 0.279 e. The highest BCUT2D eigenvalue weighted by Crippen LogP contribution is 2.15. The van der Waals surface area contributed by atoms with Crippen LogP contribution in [0.4, 0.5) is 5.69 Å². The van der Waals surface area contributed by atoms with E-state index >= 15 is 0 Å². The standard InChI is InChI=1S/C19H26N4O5S/c1-14(2)21-18(24)12-23(3)13-19(25)22-15-6-4-8-17(10-15)29(26,27)20-11-16-7-5-9-28-16/h4-10,14,20H,11-13H2,1-3H3,(H,21,24)(H,22,25)/p+1. The zero-order chi connectivity index (χ0) is 21.4. The summed E-state index contributed by atoms with van der Waals surface area (Å²) in [4.78, 5) is 24.7. The second-order valence-electron chi connectivity index (χ2n) is 7.01. The number of furan rings is 1. The fraction of sp³-hybridized carbons (Fsp3) is 0.368. The van der Waals surface area contributed by atoms with Crippen LogP contribution in [0.25, 0.3) is 0 Å². The lowest BCUT2D eigenvalue weighted by atomic mass is 10.3. The Morgan fingerprint density at radius 3 is 2.48 bits per heavy atom. The van der Waals surface area contributed by atoms with Crippen LogP contribution in [0.3, 0.4) is 0 Å². The Bertz CT molecular complexity index is 926. The van der Waals surface area contributed by atoms with Gasteiger partial charge in [-0.1, -0.05) is 6.07 Å². The first-order valence-electron chi connectivity index (χ1n) is 9.18. The van der Waals surface area contributed by atoms with Gasteiger partial charge in [0.15, 0.2) is 13.1 Å². The van der Waals surface area contributed by atoms with Crippen molar-refractivity contribution in [1.82, 2.24) is 10.0 Å². The van der Waals surface area contributed by atoms with Crippen molar-refractivity contribution in [3.05, 3.63) is 48.4 Å². The van der Waals surface area contributed by atoms with Crippen molar-refractivity contribution < 1.29 is 27.3 Å². The van der Waals surface area contributed by atoms with Gasteiger partial charge in [-0.2, -0.15) is 0 Å². The molecule has 29 heavy (non-hydrogen) atoms. The van der Waals surface area contributed by atoms with Gasteiger partial charge in [0.2, 0.25) is 10.0 Å². The average molecular weight is 424 g/mol. The Morgan fingerprint density at radius 2 is 1.83 bits per heavy atom. The van der Waals surface area contributed by atoms with Crippen LogP contribution in [0.1, 0.15) is 19.6 Å². The maximum atomic E-state index is 12.4. The van der Waals surface area contributed by atoms with E-state index in [2.05, 4.69) is 15.4 Å². The summed E-state index contributed by atoms with van der Waals surface area (Å²) in [5, 5.41) is 5.44. The summed E-state index contributed by atoms with van der Waals surface area (Å²) in [5.74, 6) is 0.0320. The number of nitrogens with one attached hydrogen (secondary N) is 4. The molecule has 0 saturated heterocycles. The number of quaternary nitrogens is 1. The largest absolute Gasteiger partial charge is 0.468 e. The molecular weight excluding hydrogens is 396 g/mol. The number of carbonyl (C=O) groups is 2. The Balaban J connectivity index is 1.93. The van der Waals surface area contributed by atoms with Crippen LogP contribution in [0.15, 0.2) is 52.0 Å². The molecule has 0 saturated carbocycles. The summed E-state index contributed by atoms with van der Waals surface area (Å²) in [6, 6.07) is 9.34. The number of amides is 2. The van der Waals surface area contributed by atoms with Crippen molar-refractivity contribution in [1.29, 1.82) is 0 Å². The van der Waals surface area contributed by atoms with Gasteiger partial charge in [-0.15, -0.1) is 0 Å². The molecular formula is C19H27N4O5S+. The van der Waals surface area contributed by atoms with E-state index < -0.39 is 10.0 Å². The average Bonchev–Trinajstić information content (AvgIpc) is 3.12. The molecule has 2 aromatic rings. The summed E-state index contributed by atoms with van der Waals surface area (Å²) < 4.78 is 32.4. The number of benzene rings is 1. The lowest BCUT2D eigenvalue weighted by molar-refractivity contribution is -0.862. The van der Waals surface area contributed by atoms with E-state index in [1.165, 1.54) is 18.4 Å². The number of carbonyl (C=O) groups excluding carboxylic acids is 2. The van der Waals surface area contributed by atoms with E-state index in [0.29, 0.717) is 16.3 Å². The molecule has 0 aliphatic rings. The SMILES string of the molecule is CC(C)NC(=O)C[NH+](C)CC(=O)Nc1cccc(S(=O)(=O)NCc2ccco2)c1. The van der Waals surface area contributed by atoms with Gasteiger partial charge in [-0.3, -0.25) is 9.59 Å². The van der Waals surface area contributed by atoms with Crippen LogP contribution < -0.4 is 20.3 Å². The highest BCUT2D eigenvalue weighted by Gasteiger charge is 2.17. The monoisotopic (exact) mass is 423 g/mol. The van der Waals surface area contributed by atoms with Crippen LogP contribution >= 0.6 is 0 Å². The molecule has 1 atom stereocenters. The molecule has 10 heteroatoms. The number of hydrogen-bond acceptors (Lipinski definition) is 5. The summed E-state index contributed by atoms with van der Waals surface area (Å²) in [5.41, 5.74) is 0.357. The molecule has 0 aliphatic carbocycles. The molecule has 0 radical (unpaired) electrons. The van der Waals surface area contributed by atoms with E-state index in [9.17, 15) is 18.0 Å². The molecule has 1 unspecified atom stereocenters. The zero-order valence-corrected chi connectivity index (χ0v) is 17.5. The smallest absolute Gasteiger partial charge is 0.279 e. The molecule has 2 rings (SSSR count). The molecule has 2 amide bonds. The summed E-state index contributed by atoms with van der Waals surface area (Å²) in [6.07, 6.45) is 1.46. The van der Waals surface area contributed by atoms with E-state index in [4.69, 9.17) is 4.42 Å². The first-order chi connectivity index (χ1) is 13.7. The lowest BCUT2D eigenvalue weighted by Crippen LogP contribution is -3.11. The van der Waals surface area contributed by atoms with Gasteiger partial charge in [0, 0.05) is 11.7 Å². The van der Waals surface area contributed by atoms with E-state index in [1.54, 1.807) is 31.3 Å². The molecule has 1 aromatic heterocycles. The summed E-state index contributed by atoms with van der Waals surface area (Å²) in [7, 11) is -2.03. The number of likely N-dealkylation sites (N-methyl/N-ethyl adjacent to an activating group) is 1. The Hall–Kier alpha value is -2.69. The zero-order valence-electron chi connectivity index (χ0n) is 16.7. The van der Waals surface area contributed by atoms with Crippen LogP contribution in [-0.2, 0) is 26.2 Å². The van der Waals surface area contributed by atoms with Gasteiger partial charge < -0.3 is 20.0 Å². The van der Waals surface area contributed by atoms with Gasteiger partial charge >= 0.3 is 0 Å². The van der Waals surface area contributed by atoms with Crippen molar-refractivity contribution in [3.63, 3.8) is 0 Å². The van der Waals surface area contributed by atoms with Gasteiger partial charge in [-0.25, -0.2) is 13.1 Å². The van der Waals surface area contributed by atoms with Crippen molar-refractivity contribution in [2.45, 2.75) is 31.3 Å². The number of rotatable bonds is 10. The molecule has 0 bridgehead atoms. The first kappa shape index (κ1) is 22.6. The van der Waals surface area contributed by atoms with Crippen molar-refractivity contribution in [2.24, 2.45) is 0 Å². The predicted octanol–water partition coefficient (Wildman–Crippen LogP) is -0.264. The van der Waals surface area contributed by atoms with Gasteiger partial charge in [-0.05, 0) is 44.2 Å². The first-order valence-corrected chi connectivity index (χ1v) is 10.7. The minimum Gasteiger partial charge on any atom is -0.468 e. The quantitative estimate of drug-likeness (QED) is 0.419. The van der Waals surface area contributed by atoms with Gasteiger partial charge in [0.05, 0.1) is 24.8 Å². The third-order valence-corrected chi connectivity index (χ3v) is 5.22. The topological polar surface area (TPSA) is 122 Å². The van der Waals surface area contributed by atoms with E-state index in [1.807, 2.05) is 13.8 Å². The molecule has 9 nitrogen and oxygen atoms in total. The molecule has 0 spiro atoms. The van der Waals surface area contributed by atoms with E-state index in [-0.39, 0.29) is 42.4 Å². The minimum absolute atomic E-state index is 0.0263. The van der Waals surface area contributed by atoms with Crippen LogP contribution in [-0.4, -0.2) is 46.4 Å². The fourth-order valence-electron chi connectivity index (χ4n) is 2.59. The number of hydrogen-bond donors (Lipinski definition) is 4. The highest BCUT2D eigenvalue weighted by atomic mass is 32.2. The number of anilines is 1. The van der Waals surface area contributed by atoms with Gasteiger partial charge in [0.1, 0.15) is 5.76 Å². The molecule has 4 N–H and O–H groups in total. The number of sulfonamides is 1. The van der Waals surface area contributed by atoms with Gasteiger partial charge in [0.25, 0.3) is 11.8 Å². The predicted molar refractivity (Wildman–Crippen MR) is 108 cm³/mol. The Kier molecular flexibility index (Phi) is 7.94. The normalized spacial score (nSPS) is 12.6. The van der Waals surface area contributed by atoms with Crippen molar-refractivity contribution >= 4 is 27.5 Å². The molecule has 1 heterocycles.